The second kappa shape index (κ2) is 29.4. The van der Waals surface area contributed by atoms with Gasteiger partial charge in [-0.3, -0.25) is 14.5 Å². The first-order chi connectivity index (χ1) is 32.4. The summed E-state index contributed by atoms with van der Waals surface area (Å²) in [5, 5.41) is 15.8. The highest BCUT2D eigenvalue weighted by molar-refractivity contribution is 5.81. The number of carbonyl (C=O) groups is 3. The third kappa shape index (κ3) is 19.6. The van der Waals surface area contributed by atoms with Crippen LogP contribution in [0, 0.1) is 5.41 Å². The molecule has 0 saturated heterocycles. The third-order valence-corrected chi connectivity index (χ3v) is 6.95. The zero-order valence-corrected chi connectivity index (χ0v) is 34.0. The van der Waals surface area contributed by atoms with Crippen LogP contribution >= 0.6 is 0 Å². The predicted octanol–water partition coefficient (Wildman–Crippen LogP) is 9.27. The van der Waals surface area contributed by atoms with E-state index in [1.165, 1.54) is 0 Å². The Labute approximate surface area is 376 Å². The minimum atomic E-state index is -8.05. The van der Waals surface area contributed by atoms with E-state index in [0.717, 1.165) is 6.08 Å². The summed E-state index contributed by atoms with van der Waals surface area (Å²) in [4.78, 5) is 59.3. The molecule has 0 radical (unpaired) electrons. The highest BCUT2D eigenvalue weighted by Crippen LogP contribution is 2.55. The highest BCUT2D eigenvalue weighted by atomic mass is 19.4. The first-order valence-corrected chi connectivity index (χ1v) is 17.3. The van der Waals surface area contributed by atoms with E-state index in [-0.39, 0.29) is 0 Å². The van der Waals surface area contributed by atoms with E-state index in [0.29, 0.717) is 24.7 Å². The van der Waals surface area contributed by atoms with E-state index in [1.54, 1.807) is 0 Å². The van der Waals surface area contributed by atoms with Gasteiger partial charge < -0.3 is 19.1 Å². The van der Waals surface area contributed by atoms with E-state index in [1.807, 2.05) is 0 Å². The molecule has 0 saturated carbocycles. The number of alkyl halides is 11. The molecule has 2 unspecified atom stereocenters. The van der Waals surface area contributed by atoms with Crippen molar-refractivity contribution in [1.29, 1.82) is 0 Å². The number of rotatable bonds is 34. The van der Waals surface area contributed by atoms with Crippen LogP contribution in [-0.4, -0.2) is 101 Å². The van der Waals surface area contributed by atoms with Crippen molar-refractivity contribution in [2.75, 3.05) is 52.9 Å². The molecule has 0 aliphatic rings. The molecular weight excluding hydrogens is 1040 g/mol. The van der Waals surface area contributed by atoms with Gasteiger partial charge in [0.05, 0.1) is 31.8 Å². The lowest BCUT2D eigenvalue weighted by molar-refractivity contribution is -0.629. The summed E-state index contributed by atoms with van der Waals surface area (Å²) in [5.41, 5.74) is -2.40. The normalized spacial score (nSPS) is 15.8. The number of halogens is 19. The summed E-state index contributed by atoms with van der Waals surface area (Å²) in [7, 11) is 0. The molecule has 0 N–H and O–H groups in total. The fraction of sp³-hybridized carbons (Fsp3) is 0.441. The molecule has 17 nitrogen and oxygen atoms in total. The molecule has 0 aromatic rings. The SMILES string of the molecule is C=CC(=O)OCCOO/C=C\OCC(COCCC(F)(OC(F)(/C(F)=C(F)/C(F)=C(F)/C(F)=C(F)/C(F)=C(\F)CF)C(F)(F)C(F)(F)F)C(F)(F)F)(COOOOC(=O)C=C)COOOOC(=O)C=C. The van der Waals surface area contributed by atoms with Crippen molar-refractivity contribution >= 4 is 17.9 Å². The van der Waals surface area contributed by atoms with Gasteiger partial charge in [0, 0.05) is 34.7 Å². The lowest BCUT2D eigenvalue weighted by atomic mass is 9.92. The van der Waals surface area contributed by atoms with Crippen LogP contribution in [0.2, 0.25) is 0 Å². The van der Waals surface area contributed by atoms with Crippen LogP contribution in [0.4, 0.5) is 83.4 Å². The highest BCUT2D eigenvalue weighted by Gasteiger charge is 2.79. The van der Waals surface area contributed by atoms with E-state index in [4.69, 9.17) is 9.47 Å². The van der Waals surface area contributed by atoms with E-state index in [9.17, 15) is 89.0 Å². The Kier molecular flexibility index (Phi) is 27.0. The van der Waals surface area contributed by atoms with Gasteiger partial charge in [-0.05, 0) is 10.1 Å². The average Bonchev–Trinajstić information content (AvgIpc) is 3.31. The molecule has 0 aromatic carbocycles. The summed E-state index contributed by atoms with van der Waals surface area (Å²) in [6.07, 6.45) is -15.2. The first kappa shape index (κ1) is 64.2. The van der Waals surface area contributed by atoms with Crippen molar-refractivity contribution in [2.45, 2.75) is 36.4 Å². The molecule has 2 atom stereocenters. The predicted molar refractivity (Wildman–Crippen MR) is 179 cm³/mol. The molecule has 0 fully saturated rings. The van der Waals surface area contributed by atoms with Gasteiger partial charge in [-0.15, -0.1) is 0 Å². The number of allylic oxidation sites excluding steroid dienone is 7. The number of hydrogen-bond acceptors (Lipinski definition) is 17. The van der Waals surface area contributed by atoms with Crippen LogP contribution in [0.15, 0.2) is 97.1 Å². The quantitative estimate of drug-likeness (QED) is 0.00869. The van der Waals surface area contributed by atoms with Crippen molar-refractivity contribution in [1.82, 2.24) is 0 Å². The lowest BCUT2D eigenvalue weighted by Crippen LogP contribution is -2.62. The van der Waals surface area contributed by atoms with Crippen molar-refractivity contribution < 1.29 is 166 Å². The molecule has 0 spiro atoms. The van der Waals surface area contributed by atoms with Gasteiger partial charge in [-0.25, -0.2) is 68.1 Å². The van der Waals surface area contributed by atoms with Crippen LogP contribution in [0.1, 0.15) is 6.42 Å². The molecule has 70 heavy (non-hydrogen) atoms. The minimum absolute atomic E-state index is 0.407. The fourth-order valence-electron chi connectivity index (χ4n) is 3.56. The first-order valence-electron chi connectivity index (χ1n) is 17.3. The summed E-state index contributed by atoms with van der Waals surface area (Å²) in [6.45, 7) is -1.82. The number of hydrogen-bond donors (Lipinski definition) is 0. The largest absolute Gasteiger partial charge is 0.497 e. The summed E-state index contributed by atoms with van der Waals surface area (Å²) in [6, 6.07) is 0. The zero-order valence-electron chi connectivity index (χ0n) is 34.0. The maximum Gasteiger partial charge on any atom is 0.460 e. The summed E-state index contributed by atoms with van der Waals surface area (Å²) in [5.74, 6) is -58.1. The lowest BCUT2D eigenvalue weighted by Gasteiger charge is -2.39. The molecule has 36 heteroatoms. The second-order valence-corrected chi connectivity index (χ2v) is 11.9. The van der Waals surface area contributed by atoms with Crippen LogP contribution in [-0.2, 0) is 82.8 Å². The Morgan fingerprint density at radius 1 is 0.514 bits per heavy atom. The number of ether oxygens (including phenoxy) is 4. The van der Waals surface area contributed by atoms with Crippen molar-refractivity contribution in [3.8, 4) is 0 Å². The maximum atomic E-state index is 15.6. The second-order valence-electron chi connectivity index (χ2n) is 11.9. The molecule has 0 heterocycles. The van der Waals surface area contributed by atoms with Crippen LogP contribution in [0.3, 0.4) is 0 Å². The van der Waals surface area contributed by atoms with Crippen LogP contribution in [0.25, 0.3) is 0 Å². The molecule has 0 rings (SSSR count). The van der Waals surface area contributed by atoms with Gasteiger partial charge in [0.15, 0.2) is 29.6 Å². The maximum absolute atomic E-state index is 15.6. The van der Waals surface area contributed by atoms with Crippen molar-refractivity contribution in [3.63, 3.8) is 0 Å². The Morgan fingerprint density at radius 3 is 1.46 bits per heavy atom. The van der Waals surface area contributed by atoms with Gasteiger partial charge in [0.25, 0.3) is 0 Å². The number of carbonyl (C=O) groups excluding carboxylic acids is 3. The molecule has 0 aliphatic carbocycles. The van der Waals surface area contributed by atoms with Gasteiger partial charge in [-0.2, -0.15) is 44.4 Å². The molecule has 400 valence electrons. The van der Waals surface area contributed by atoms with Crippen molar-refractivity contribution in [3.05, 3.63) is 97.1 Å². The molecule has 0 aliphatic heterocycles. The Bertz CT molecular complexity index is 1910. The van der Waals surface area contributed by atoms with Gasteiger partial charge in [0.1, 0.15) is 32.8 Å². The molecule has 0 amide bonds. The Morgan fingerprint density at radius 2 is 1.00 bits per heavy atom. The smallest absolute Gasteiger partial charge is 0.460 e. The van der Waals surface area contributed by atoms with Crippen LogP contribution < -0.4 is 0 Å². The van der Waals surface area contributed by atoms with Gasteiger partial charge in [0.2, 0.25) is 23.3 Å². The van der Waals surface area contributed by atoms with Crippen molar-refractivity contribution in [2.24, 2.45) is 5.41 Å². The van der Waals surface area contributed by atoms with Gasteiger partial charge in [-0.1, -0.05) is 19.7 Å². The third-order valence-electron chi connectivity index (χ3n) is 6.95. The molecular formula is C34H29F19O17. The van der Waals surface area contributed by atoms with Crippen LogP contribution in [0.5, 0.6) is 0 Å². The number of esters is 1. The Hall–Kier alpha value is -5.76. The minimum Gasteiger partial charge on any atom is -0.497 e. The topological polar surface area (TPSA) is 180 Å². The average molecular weight is 1070 g/mol. The van der Waals surface area contributed by atoms with E-state index < -0.39 is 159 Å². The Balaban J connectivity index is 7.16. The van der Waals surface area contributed by atoms with Gasteiger partial charge >= 0.3 is 47.9 Å². The zero-order chi connectivity index (χ0) is 54.1. The molecule has 0 bridgehead atoms. The monoisotopic (exact) mass is 1070 g/mol. The standard InChI is InChI=1S/C34H29F19O17/c1-4-19(54)59-10-12-61-60-11-9-58-15-29(16-62-67-69-64-20(55)5-2,17-63-68-70-65-21(56)6-3)14-57-8-7-30(44,33(48,49)50)66-31(45,32(46,47)34(51,52)53)28(43)27(42)26(41)25(40)24(39)23(38)22(37)18(36)13-35/h4-6,9,11H,1-3,7-8,10,12-17H2/b11-9-,22-18+,24-23+,26-25+,28-27+. The summed E-state index contributed by atoms with van der Waals surface area (Å²) >= 11 is 0. The van der Waals surface area contributed by atoms with E-state index >= 15 is 8.78 Å². The fourth-order valence-corrected chi connectivity index (χ4v) is 3.56. The molecule has 0 aromatic heterocycles. The summed E-state index contributed by atoms with van der Waals surface area (Å²) < 4.78 is 283. The van der Waals surface area contributed by atoms with E-state index in [2.05, 4.69) is 78.7 Å².